The van der Waals surface area contributed by atoms with E-state index in [0.29, 0.717) is 12.1 Å². The summed E-state index contributed by atoms with van der Waals surface area (Å²) in [7, 11) is 0. The second kappa shape index (κ2) is 8.48. The van der Waals surface area contributed by atoms with Crippen molar-refractivity contribution in [3.8, 4) is 0 Å². The molecule has 0 fully saturated rings. The van der Waals surface area contributed by atoms with Crippen molar-refractivity contribution in [1.29, 1.82) is 0 Å². The summed E-state index contributed by atoms with van der Waals surface area (Å²) in [6.45, 7) is 4.45. The lowest BCUT2D eigenvalue weighted by atomic mass is 9.94. The third-order valence-corrected chi connectivity index (χ3v) is 5.03. The van der Waals surface area contributed by atoms with Gasteiger partial charge < -0.3 is 10.8 Å². The average Bonchev–Trinajstić information content (AvgIpc) is 2.61. The second-order valence-corrected chi connectivity index (χ2v) is 7.25. The zero-order chi connectivity index (χ0) is 18.4. The van der Waals surface area contributed by atoms with Gasteiger partial charge in [0.25, 0.3) is 0 Å². The third-order valence-electron chi connectivity index (χ3n) is 4.44. The molecule has 2 aromatic carbocycles. The van der Waals surface area contributed by atoms with Gasteiger partial charge in [-0.2, -0.15) is 0 Å². The van der Waals surface area contributed by atoms with Gasteiger partial charge in [-0.15, -0.1) is 0 Å². The molecule has 1 atom stereocenters. The molecule has 25 heavy (non-hydrogen) atoms. The van der Waals surface area contributed by atoms with E-state index < -0.39 is 12.0 Å². The van der Waals surface area contributed by atoms with E-state index in [2.05, 4.69) is 13.8 Å². The van der Waals surface area contributed by atoms with E-state index in [0.717, 1.165) is 24.0 Å². The number of halogens is 1. The first-order valence-electron chi connectivity index (χ1n) is 8.35. The molecule has 0 aliphatic heterocycles. The standard InChI is InChI=1S/C20H25ClN2O2/c1-20(2,13-12-15-8-10-17(11-9-15)19(22)25)23(21)14-18(24)16-6-4-3-5-7-16/h3-11,18,24H,12-14H2,1-2H3,(H2,22,25). The summed E-state index contributed by atoms with van der Waals surface area (Å²) >= 11 is 6.46. The molecule has 2 aromatic rings. The number of β-amino-alcohol motifs (C(OH)–C–C–N with tert-alkyl or cyclic N) is 1. The van der Waals surface area contributed by atoms with Crippen LogP contribution in [-0.2, 0) is 6.42 Å². The van der Waals surface area contributed by atoms with Gasteiger partial charge >= 0.3 is 0 Å². The number of hydrogen-bond acceptors (Lipinski definition) is 3. The molecule has 0 aliphatic rings. The van der Waals surface area contributed by atoms with Gasteiger partial charge in [-0.1, -0.05) is 42.5 Å². The maximum Gasteiger partial charge on any atom is 0.248 e. The molecule has 3 N–H and O–H groups in total. The normalized spacial score (nSPS) is 13.0. The van der Waals surface area contributed by atoms with E-state index in [1.54, 1.807) is 16.6 Å². The quantitative estimate of drug-likeness (QED) is 0.705. The lowest BCUT2D eigenvalue weighted by Crippen LogP contribution is -2.40. The summed E-state index contributed by atoms with van der Waals surface area (Å²) < 4.78 is 1.67. The van der Waals surface area contributed by atoms with Crippen LogP contribution in [0.25, 0.3) is 0 Å². The van der Waals surface area contributed by atoms with Crippen LogP contribution in [0.3, 0.4) is 0 Å². The Morgan fingerprint density at radius 1 is 1.16 bits per heavy atom. The first-order valence-corrected chi connectivity index (χ1v) is 8.68. The fourth-order valence-electron chi connectivity index (χ4n) is 2.59. The van der Waals surface area contributed by atoms with E-state index in [-0.39, 0.29) is 5.54 Å². The molecule has 5 heteroatoms. The predicted octanol–water partition coefficient (Wildman–Crippen LogP) is 3.69. The Bertz CT molecular complexity index is 687. The van der Waals surface area contributed by atoms with E-state index in [4.69, 9.17) is 17.5 Å². The molecule has 0 heterocycles. The fourth-order valence-corrected chi connectivity index (χ4v) is 2.80. The Morgan fingerprint density at radius 2 is 1.76 bits per heavy atom. The SMILES string of the molecule is CC(C)(CCc1ccc(C(N)=O)cc1)N(Cl)CC(O)c1ccccc1. The van der Waals surface area contributed by atoms with Crippen molar-refractivity contribution in [1.82, 2.24) is 4.42 Å². The van der Waals surface area contributed by atoms with Crippen molar-refractivity contribution < 1.29 is 9.90 Å². The van der Waals surface area contributed by atoms with Crippen LogP contribution >= 0.6 is 11.8 Å². The summed E-state index contributed by atoms with van der Waals surface area (Å²) in [5.74, 6) is -0.422. The summed E-state index contributed by atoms with van der Waals surface area (Å²) in [4.78, 5) is 11.1. The Hall–Kier alpha value is -1.88. The number of rotatable bonds is 8. The van der Waals surface area contributed by atoms with Gasteiger partial charge in [-0.05, 0) is 61.7 Å². The molecule has 0 aliphatic carbocycles. The monoisotopic (exact) mass is 360 g/mol. The van der Waals surface area contributed by atoms with Gasteiger partial charge in [0.15, 0.2) is 0 Å². The molecule has 0 radical (unpaired) electrons. The molecule has 1 unspecified atom stereocenters. The van der Waals surface area contributed by atoms with E-state index >= 15 is 0 Å². The third kappa shape index (κ3) is 5.56. The summed E-state index contributed by atoms with van der Waals surface area (Å²) in [6, 6.07) is 16.8. The number of aliphatic hydroxyl groups excluding tert-OH is 1. The molecule has 0 saturated carbocycles. The average molecular weight is 361 g/mol. The van der Waals surface area contributed by atoms with Crippen molar-refractivity contribution in [3.63, 3.8) is 0 Å². The Kier molecular flexibility index (Phi) is 6.59. The van der Waals surface area contributed by atoms with Crippen LogP contribution in [0.15, 0.2) is 54.6 Å². The molecule has 2 rings (SSSR count). The van der Waals surface area contributed by atoms with E-state index in [1.807, 2.05) is 42.5 Å². The maximum absolute atomic E-state index is 11.1. The molecular formula is C20H25ClN2O2. The number of aryl methyl sites for hydroxylation is 1. The van der Waals surface area contributed by atoms with Crippen LogP contribution in [0, 0.1) is 0 Å². The van der Waals surface area contributed by atoms with Crippen LogP contribution in [0.1, 0.15) is 47.9 Å². The zero-order valence-electron chi connectivity index (χ0n) is 14.7. The highest BCUT2D eigenvalue weighted by atomic mass is 35.5. The Morgan fingerprint density at radius 3 is 2.32 bits per heavy atom. The minimum Gasteiger partial charge on any atom is -0.387 e. The molecule has 1 amide bonds. The van der Waals surface area contributed by atoms with Gasteiger partial charge in [-0.3, -0.25) is 4.79 Å². The van der Waals surface area contributed by atoms with Crippen molar-refractivity contribution in [2.24, 2.45) is 5.73 Å². The number of nitrogens with zero attached hydrogens (tertiary/aromatic N) is 1. The topological polar surface area (TPSA) is 66.6 Å². The number of benzene rings is 2. The van der Waals surface area contributed by atoms with Gasteiger partial charge in [0.05, 0.1) is 6.10 Å². The zero-order valence-corrected chi connectivity index (χ0v) is 15.4. The maximum atomic E-state index is 11.1. The van der Waals surface area contributed by atoms with Crippen molar-refractivity contribution in [3.05, 3.63) is 71.3 Å². The number of carbonyl (C=O) groups is 1. The highest BCUT2D eigenvalue weighted by molar-refractivity contribution is 6.13. The van der Waals surface area contributed by atoms with Crippen LogP contribution < -0.4 is 5.73 Å². The number of hydrogen-bond donors (Lipinski definition) is 2. The number of amides is 1. The number of primary amides is 1. The number of carbonyl (C=O) groups excluding carboxylic acids is 1. The van der Waals surface area contributed by atoms with Crippen molar-refractivity contribution in [2.45, 2.75) is 38.3 Å². The minimum atomic E-state index is -0.632. The smallest absolute Gasteiger partial charge is 0.248 e. The van der Waals surface area contributed by atoms with Crippen LogP contribution in [0.2, 0.25) is 0 Å². The van der Waals surface area contributed by atoms with Gasteiger partial charge in [0.2, 0.25) is 5.91 Å². The largest absolute Gasteiger partial charge is 0.387 e. The molecule has 4 nitrogen and oxygen atoms in total. The lowest BCUT2D eigenvalue weighted by molar-refractivity contribution is 0.100. The van der Waals surface area contributed by atoms with Gasteiger partial charge in [0, 0.05) is 17.6 Å². The van der Waals surface area contributed by atoms with Crippen molar-refractivity contribution in [2.75, 3.05) is 6.54 Å². The lowest BCUT2D eigenvalue weighted by Gasteiger charge is -2.34. The Labute approximate surface area is 154 Å². The number of nitrogens with two attached hydrogens (primary N) is 1. The van der Waals surface area contributed by atoms with Gasteiger partial charge in [-0.25, -0.2) is 4.42 Å². The molecular weight excluding hydrogens is 336 g/mol. The van der Waals surface area contributed by atoms with Crippen LogP contribution in [-0.4, -0.2) is 27.5 Å². The minimum absolute atomic E-state index is 0.292. The van der Waals surface area contributed by atoms with E-state index in [9.17, 15) is 9.90 Å². The summed E-state index contributed by atoms with van der Waals surface area (Å²) in [5.41, 5.74) is 7.44. The second-order valence-electron chi connectivity index (χ2n) is 6.84. The van der Waals surface area contributed by atoms with Crippen LogP contribution in [0.5, 0.6) is 0 Å². The highest BCUT2D eigenvalue weighted by Gasteiger charge is 2.27. The van der Waals surface area contributed by atoms with E-state index in [1.165, 1.54) is 0 Å². The number of aliphatic hydroxyl groups is 1. The Balaban J connectivity index is 1.92. The fraction of sp³-hybridized carbons (Fsp3) is 0.350. The first-order chi connectivity index (χ1) is 11.8. The van der Waals surface area contributed by atoms with Gasteiger partial charge in [0.1, 0.15) is 0 Å². The predicted molar refractivity (Wildman–Crippen MR) is 101 cm³/mol. The molecule has 0 bridgehead atoms. The van der Waals surface area contributed by atoms with Crippen molar-refractivity contribution >= 4 is 17.7 Å². The molecule has 134 valence electrons. The first kappa shape index (κ1) is 19.4. The molecule has 0 spiro atoms. The summed E-state index contributed by atoms with van der Waals surface area (Å²) in [6.07, 6.45) is 0.998. The highest BCUT2D eigenvalue weighted by Crippen LogP contribution is 2.26. The molecule has 0 aromatic heterocycles. The van der Waals surface area contributed by atoms with Crippen LogP contribution in [0.4, 0.5) is 0 Å². The molecule has 0 saturated heterocycles. The summed E-state index contributed by atoms with van der Waals surface area (Å²) in [5, 5.41) is 10.4.